The summed E-state index contributed by atoms with van der Waals surface area (Å²) in [5.74, 6) is -0.0259. The molecular formula is C22H23F3N2O3S. The van der Waals surface area contributed by atoms with Gasteiger partial charge in [0.05, 0.1) is 18.8 Å². The highest BCUT2D eigenvalue weighted by Gasteiger charge is 2.40. The lowest BCUT2D eigenvalue weighted by Crippen LogP contribution is -2.48. The number of piperazine rings is 1. The van der Waals surface area contributed by atoms with Gasteiger partial charge in [-0.25, -0.2) is 4.31 Å². The molecule has 0 aliphatic carbocycles. The van der Waals surface area contributed by atoms with E-state index in [1.807, 2.05) is 24.3 Å². The molecular weight excluding hydrogens is 429 g/mol. The van der Waals surface area contributed by atoms with Crippen molar-refractivity contribution >= 4 is 17.9 Å². The molecule has 5 nitrogen and oxygen atoms in total. The second kappa shape index (κ2) is 8.82. The fourth-order valence-electron chi connectivity index (χ4n) is 3.63. The van der Waals surface area contributed by atoms with Crippen LogP contribution >= 0.6 is 11.9 Å². The maximum absolute atomic E-state index is 12.8. The van der Waals surface area contributed by atoms with Crippen LogP contribution in [0.2, 0.25) is 0 Å². The third kappa shape index (κ3) is 4.74. The Labute approximate surface area is 183 Å². The molecule has 1 amide bonds. The van der Waals surface area contributed by atoms with Crippen LogP contribution in [0.25, 0.3) is 0 Å². The molecule has 0 bridgehead atoms. The lowest BCUT2D eigenvalue weighted by Gasteiger charge is -2.40. The van der Waals surface area contributed by atoms with Crippen LogP contribution in [0.1, 0.15) is 21.5 Å². The number of amides is 1. The van der Waals surface area contributed by atoms with E-state index in [2.05, 4.69) is 4.31 Å². The number of hydrogen-bond acceptors (Lipinski definition) is 5. The van der Waals surface area contributed by atoms with E-state index in [1.54, 1.807) is 12.0 Å². The maximum atomic E-state index is 12.8. The Kier molecular flexibility index (Phi) is 6.30. The summed E-state index contributed by atoms with van der Waals surface area (Å²) in [6.45, 7) is 3.41. The highest BCUT2D eigenvalue weighted by Crippen LogP contribution is 2.34. The summed E-state index contributed by atoms with van der Waals surface area (Å²) in [6, 6.07) is 12.6. The second-order valence-corrected chi connectivity index (χ2v) is 8.77. The average molecular weight is 452 g/mol. The molecule has 0 spiro atoms. The van der Waals surface area contributed by atoms with Gasteiger partial charge < -0.3 is 14.4 Å². The zero-order valence-corrected chi connectivity index (χ0v) is 17.8. The third-order valence-electron chi connectivity index (χ3n) is 5.66. The highest BCUT2D eigenvalue weighted by molar-refractivity contribution is 7.97. The summed E-state index contributed by atoms with van der Waals surface area (Å²) < 4.78 is 51.0. The number of methoxy groups -OCH3 is 1. The predicted octanol–water partition coefficient (Wildman–Crippen LogP) is 4.04. The second-order valence-electron chi connectivity index (χ2n) is 7.60. The Hall–Kier alpha value is -2.07. The molecule has 166 valence electrons. The van der Waals surface area contributed by atoms with Crippen molar-refractivity contribution in [3.05, 3.63) is 65.2 Å². The zero-order valence-electron chi connectivity index (χ0n) is 17.0. The van der Waals surface area contributed by atoms with E-state index in [0.717, 1.165) is 22.6 Å². The van der Waals surface area contributed by atoms with E-state index in [0.29, 0.717) is 45.0 Å². The van der Waals surface area contributed by atoms with Crippen LogP contribution in [-0.2, 0) is 21.3 Å². The van der Waals surface area contributed by atoms with Crippen LogP contribution in [0.3, 0.4) is 0 Å². The molecule has 0 unspecified atom stereocenters. The Balaban J connectivity index is 1.31. The first-order valence-corrected chi connectivity index (χ1v) is 10.7. The molecule has 0 N–H and O–H groups in total. The van der Waals surface area contributed by atoms with Gasteiger partial charge in [0, 0.05) is 43.7 Å². The molecule has 0 radical (unpaired) electrons. The Morgan fingerprint density at radius 3 is 2.10 bits per heavy atom. The van der Waals surface area contributed by atoms with Crippen LogP contribution in [0.5, 0.6) is 0 Å². The van der Waals surface area contributed by atoms with E-state index in [-0.39, 0.29) is 5.91 Å². The van der Waals surface area contributed by atoms with Crippen LogP contribution in [0.15, 0.2) is 53.4 Å². The SMILES string of the molecule is COC1(c2ccc(C(=O)N3CCN(Sc4ccc(C(F)(F)F)cc4)CC3)cc2)COC1. The van der Waals surface area contributed by atoms with Gasteiger partial charge in [-0.3, -0.25) is 4.79 Å². The smallest absolute Gasteiger partial charge is 0.375 e. The van der Waals surface area contributed by atoms with Gasteiger partial charge in [0.25, 0.3) is 5.91 Å². The minimum atomic E-state index is -4.33. The van der Waals surface area contributed by atoms with Crippen molar-refractivity contribution in [3.63, 3.8) is 0 Å². The normalized spacial score (nSPS) is 19.2. The van der Waals surface area contributed by atoms with E-state index in [1.165, 1.54) is 24.1 Å². The number of carbonyl (C=O) groups excluding carboxylic acids is 1. The fraction of sp³-hybridized carbons (Fsp3) is 0.409. The number of benzene rings is 2. The molecule has 2 aliphatic rings. The van der Waals surface area contributed by atoms with E-state index >= 15 is 0 Å². The summed E-state index contributed by atoms with van der Waals surface area (Å²) in [7, 11) is 1.66. The molecule has 2 heterocycles. The molecule has 2 aliphatic heterocycles. The lowest BCUT2D eigenvalue weighted by molar-refractivity contribution is -0.202. The predicted molar refractivity (Wildman–Crippen MR) is 111 cm³/mol. The van der Waals surface area contributed by atoms with Crippen molar-refractivity contribution in [2.75, 3.05) is 46.5 Å². The molecule has 9 heteroatoms. The summed E-state index contributed by atoms with van der Waals surface area (Å²) in [6.07, 6.45) is -4.33. The molecule has 2 aromatic rings. The van der Waals surface area contributed by atoms with Crippen LogP contribution in [0, 0.1) is 0 Å². The van der Waals surface area contributed by atoms with Gasteiger partial charge in [-0.2, -0.15) is 13.2 Å². The lowest BCUT2D eigenvalue weighted by atomic mass is 9.91. The molecule has 2 fully saturated rings. The summed E-state index contributed by atoms with van der Waals surface area (Å²) in [5, 5.41) is 0. The van der Waals surface area contributed by atoms with Gasteiger partial charge in [0.15, 0.2) is 0 Å². The Morgan fingerprint density at radius 1 is 1.00 bits per heavy atom. The van der Waals surface area contributed by atoms with E-state index in [9.17, 15) is 18.0 Å². The number of carbonyl (C=O) groups is 1. The fourth-order valence-corrected chi connectivity index (χ4v) is 4.53. The number of alkyl halides is 3. The molecule has 4 rings (SSSR count). The quantitative estimate of drug-likeness (QED) is 0.641. The van der Waals surface area contributed by atoms with Crippen LogP contribution < -0.4 is 0 Å². The first kappa shape index (κ1) is 22.1. The molecule has 2 saturated heterocycles. The number of halogens is 3. The first-order chi connectivity index (χ1) is 14.8. The van der Waals surface area contributed by atoms with Gasteiger partial charge in [-0.15, -0.1) is 0 Å². The van der Waals surface area contributed by atoms with Crippen molar-refractivity contribution < 1.29 is 27.4 Å². The van der Waals surface area contributed by atoms with Gasteiger partial charge in [0.2, 0.25) is 0 Å². The number of nitrogens with zero attached hydrogens (tertiary/aromatic N) is 2. The largest absolute Gasteiger partial charge is 0.416 e. The van der Waals surface area contributed by atoms with E-state index in [4.69, 9.17) is 9.47 Å². The minimum Gasteiger partial charge on any atom is -0.375 e. The van der Waals surface area contributed by atoms with Gasteiger partial charge >= 0.3 is 6.18 Å². The monoisotopic (exact) mass is 452 g/mol. The molecule has 2 aromatic carbocycles. The number of ether oxygens (including phenoxy) is 2. The van der Waals surface area contributed by atoms with Crippen LogP contribution in [-0.4, -0.2) is 61.6 Å². The van der Waals surface area contributed by atoms with Gasteiger partial charge in [-0.1, -0.05) is 12.1 Å². The average Bonchev–Trinajstić information content (AvgIpc) is 2.74. The van der Waals surface area contributed by atoms with E-state index < -0.39 is 17.3 Å². The summed E-state index contributed by atoms with van der Waals surface area (Å²) in [5.41, 5.74) is 0.553. The topological polar surface area (TPSA) is 42.0 Å². The van der Waals surface area contributed by atoms with Crippen molar-refractivity contribution in [2.24, 2.45) is 0 Å². The van der Waals surface area contributed by atoms with Crippen molar-refractivity contribution in [1.29, 1.82) is 0 Å². The van der Waals surface area contributed by atoms with Gasteiger partial charge in [-0.05, 0) is 53.9 Å². The summed E-state index contributed by atoms with van der Waals surface area (Å²) >= 11 is 1.41. The summed E-state index contributed by atoms with van der Waals surface area (Å²) in [4.78, 5) is 15.4. The molecule has 31 heavy (non-hydrogen) atoms. The maximum Gasteiger partial charge on any atom is 0.416 e. The van der Waals surface area contributed by atoms with Crippen molar-refractivity contribution in [2.45, 2.75) is 16.7 Å². The zero-order chi connectivity index (χ0) is 22.1. The molecule has 0 saturated carbocycles. The van der Waals surface area contributed by atoms with Crippen molar-refractivity contribution in [3.8, 4) is 0 Å². The Bertz CT molecular complexity index is 902. The van der Waals surface area contributed by atoms with Gasteiger partial charge in [0.1, 0.15) is 5.60 Å². The third-order valence-corrected chi connectivity index (χ3v) is 6.77. The standard InChI is InChI=1S/C22H23F3N2O3S/c1-29-21(14-30-15-21)17-4-2-16(3-5-17)20(28)26-10-12-27(13-11-26)31-19-8-6-18(7-9-19)22(23,24)25/h2-9H,10-15H2,1H3. The number of hydrogen-bond donors (Lipinski definition) is 0. The number of rotatable bonds is 5. The molecule has 0 aromatic heterocycles. The Morgan fingerprint density at radius 2 is 1.61 bits per heavy atom. The molecule has 0 atom stereocenters. The minimum absolute atomic E-state index is 0.0259. The van der Waals surface area contributed by atoms with Crippen LogP contribution in [0.4, 0.5) is 13.2 Å². The first-order valence-electron chi connectivity index (χ1n) is 9.94. The van der Waals surface area contributed by atoms with Crippen molar-refractivity contribution in [1.82, 2.24) is 9.21 Å². The highest BCUT2D eigenvalue weighted by atomic mass is 32.2.